The number of hydrogen-bond donors (Lipinski definition) is 1. The average Bonchev–Trinajstić information content (AvgIpc) is 2.67. The lowest BCUT2D eigenvalue weighted by Crippen LogP contribution is -2.31. The molecule has 2 aromatic heterocycles. The van der Waals surface area contributed by atoms with Gasteiger partial charge in [-0.1, -0.05) is 18.2 Å². The molecule has 0 saturated heterocycles. The highest BCUT2D eigenvalue weighted by Crippen LogP contribution is 2.19. The summed E-state index contributed by atoms with van der Waals surface area (Å²) < 4.78 is 0. The Bertz CT molecular complexity index is 927. The Morgan fingerprint density at radius 2 is 1.96 bits per heavy atom. The third-order valence-electron chi connectivity index (χ3n) is 4.13. The van der Waals surface area contributed by atoms with Crippen LogP contribution in [0.15, 0.2) is 54.9 Å². The van der Waals surface area contributed by atoms with Crippen molar-refractivity contribution in [1.29, 1.82) is 0 Å². The second-order valence-corrected chi connectivity index (χ2v) is 6.29. The van der Waals surface area contributed by atoms with Crippen molar-refractivity contribution in [2.75, 3.05) is 16.8 Å². The molecule has 1 amide bonds. The zero-order valence-electron chi connectivity index (χ0n) is 15.8. The van der Waals surface area contributed by atoms with Crippen molar-refractivity contribution in [3.63, 3.8) is 0 Å². The van der Waals surface area contributed by atoms with Crippen molar-refractivity contribution >= 4 is 17.4 Å². The molecule has 6 heteroatoms. The minimum absolute atomic E-state index is 0.141. The van der Waals surface area contributed by atoms with E-state index in [2.05, 4.69) is 20.3 Å². The molecule has 27 heavy (non-hydrogen) atoms. The van der Waals surface area contributed by atoms with E-state index in [0.29, 0.717) is 30.4 Å². The molecule has 0 radical (unpaired) electrons. The van der Waals surface area contributed by atoms with Crippen LogP contribution in [0.4, 0.5) is 11.5 Å². The molecule has 0 unspecified atom stereocenters. The Labute approximate surface area is 159 Å². The molecule has 6 nitrogen and oxygen atoms in total. The second-order valence-electron chi connectivity index (χ2n) is 6.29. The number of rotatable bonds is 6. The summed E-state index contributed by atoms with van der Waals surface area (Å²) in [7, 11) is 0. The van der Waals surface area contributed by atoms with Gasteiger partial charge in [-0.3, -0.25) is 9.78 Å². The van der Waals surface area contributed by atoms with Crippen molar-refractivity contribution in [3.05, 3.63) is 77.5 Å². The Morgan fingerprint density at radius 3 is 2.67 bits per heavy atom. The van der Waals surface area contributed by atoms with E-state index in [9.17, 15) is 4.79 Å². The van der Waals surface area contributed by atoms with Crippen molar-refractivity contribution < 1.29 is 4.79 Å². The summed E-state index contributed by atoms with van der Waals surface area (Å²) in [6.45, 7) is 6.89. The molecule has 0 aliphatic carbocycles. The molecule has 3 rings (SSSR count). The summed E-state index contributed by atoms with van der Waals surface area (Å²) >= 11 is 0. The summed E-state index contributed by atoms with van der Waals surface area (Å²) in [5.41, 5.74) is 3.39. The smallest absolute Gasteiger partial charge is 0.277 e. The minimum atomic E-state index is -0.141. The van der Waals surface area contributed by atoms with E-state index in [1.807, 2.05) is 50.2 Å². The fraction of sp³-hybridized carbons (Fsp3) is 0.238. The topological polar surface area (TPSA) is 71.0 Å². The lowest BCUT2D eigenvalue weighted by Gasteiger charge is -2.21. The summed E-state index contributed by atoms with van der Waals surface area (Å²) in [5.74, 6) is 1.03. The number of aromatic nitrogens is 3. The molecule has 0 bridgehead atoms. The van der Waals surface area contributed by atoms with Crippen LogP contribution in [0.25, 0.3) is 0 Å². The number of carbonyl (C=O) groups is 1. The van der Waals surface area contributed by atoms with Crippen LogP contribution < -0.4 is 10.2 Å². The van der Waals surface area contributed by atoms with E-state index in [4.69, 9.17) is 0 Å². The number of hydrogen-bond acceptors (Lipinski definition) is 5. The molecule has 0 fully saturated rings. The van der Waals surface area contributed by atoms with E-state index < -0.39 is 0 Å². The average molecular weight is 361 g/mol. The fourth-order valence-corrected chi connectivity index (χ4v) is 2.84. The van der Waals surface area contributed by atoms with Crippen LogP contribution >= 0.6 is 0 Å². The highest BCUT2D eigenvalue weighted by Gasteiger charge is 2.19. The van der Waals surface area contributed by atoms with Gasteiger partial charge in [-0.2, -0.15) is 0 Å². The van der Waals surface area contributed by atoms with E-state index in [1.54, 1.807) is 30.3 Å². The van der Waals surface area contributed by atoms with Gasteiger partial charge in [0.1, 0.15) is 17.3 Å². The van der Waals surface area contributed by atoms with Crippen molar-refractivity contribution in [1.82, 2.24) is 15.0 Å². The van der Waals surface area contributed by atoms with Gasteiger partial charge in [-0.25, -0.2) is 9.97 Å². The lowest BCUT2D eigenvalue weighted by molar-refractivity contribution is 0.0983. The maximum Gasteiger partial charge on any atom is 0.277 e. The van der Waals surface area contributed by atoms with Crippen LogP contribution in [-0.4, -0.2) is 27.4 Å². The van der Waals surface area contributed by atoms with E-state index in [0.717, 1.165) is 16.8 Å². The zero-order chi connectivity index (χ0) is 19.2. The van der Waals surface area contributed by atoms with E-state index >= 15 is 0 Å². The van der Waals surface area contributed by atoms with Gasteiger partial charge in [0.15, 0.2) is 0 Å². The predicted octanol–water partition coefficient (Wildman–Crippen LogP) is 3.77. The van der Waals surface area contributed by atoms with Crippen LogP contribution in [-0.2, 0) is 6.54 Å². The predicted molar refractivity (Wildman–Crippen MR) is 107 cm³/mol. The van der Waals surface area contributed by atoms with Crippen LogP contribution in [0, 0.1) is 13.8 Å². The number of nitrogens with zero attached hydrogens (tertiary/aromatic N) is 4. The standard InChI is InChI=1S/C21H23N5O/c1-4-26(18-9-5-7-15(2)11-18)21(27)19-12-20(25-16(3)24-19)23-14-17-8-6-10-22-13-17/h5-13H,4,14H2,1-3H3,(H,23,24,25). The monoisotopic (exact) mass is 361 g/mol. The fourth-order valence-electron chi connectivity index (χ4n) is 2.84. The Hall–Kier alpha value is -3.28. The molecule has 138 valence electrons. The number of anilines is 2. The minimum Gasteiger partial charge on any atom is -0.366 e. The Balaban J connectivity index is 1.82. The summed E-state index contributed by atoms with van der Waals surface area (Å²) in [4.78, 5) is 27.6. The number of benzene rings is 1. The third-order valence-corrected chi connectivity index (χ3v) is 4.13. The highest BCUT2D eigenvalue weighted by atomic mass is 16.2. The summed E-state index contributed by atoms with van der Waals surface area (Å²) in [6.07, 6.45) is 3.53. The van der Waals surface area contributed by atoms with E-state index in [-0.39, 0.29) is 5.91 Å². The molecular weight excluding hydrogens is 338 g/mol. The molecule has 0 aliphatic heterocycles. The maximum absolute atomic E-state index is 13.1. The molecule has 0 saturated carbocycles. The maximum atomic E-state index is 13.1. The van der Waals surface area contributed by atoms with Crippen molar-refractivity contribution in [2.24, 2.45) is 0 Å². The molecule has 3 aromatic rings. The first-order valence-corrected chi connectivity index (χ1v) is 8.94. The van der Waals surface area contributed by atoms with Crippen molar-refractivity contribution in [3.8, 4) is 0 Å². The van der Waals surface area contributed by atoms with Gasteiger partial charge in [-0.15, -0.1) is 0 Å². The number of nitrogens with one attached hydrogen (secondary N) is 1. The largest absolute Gasteiger partial charge is 0.366 e. The normalized spacial score (nSPS) is 10.5. The first-order chi connectivity index (χ1) is 13.1. The van der Waals surface area contributed by atoms with Gasteiger partial charge in [0.05, 0.1) is 0 Å². The quantitative estimate of drug-likeness (QED) is 0.724. The van der Waals surface area contributed by atoms with Crippen LogP contribution in [0.2, 0.25) is 0 Å². The number of amides is 1. The van der Waals surface area contributed by atoms with Gasteiger partial charge >= 0.3 is 0 Å². The third kappa shape index (κ3) is 4.67. The first-order valence-electron chi connectivity index (χ1n) is 8.94. The van der Waals surface area contributed by atoms with Crippen LogP contribution in [0.3, 0.4) is 0 Å². The first kappa shape index (κ1) is 18.5. The molecule has 1 aromatic carbocycles. The van der Waals surface area contributed by atoms with Gasteiger partial charge in [0, 0.05) is 37.2 Å². The SMILES string of the molecule is CCN(C(=O)c1cc(NCc2cccnc2)nc(C)n1)c1cccc(C)c1. The molecule has 1 N–H and O–H groups in total. The highest BCUT2D eigenvalue weighted by molar-refractivity contribution is 6.05. The van der Waals surface area contributed by atoms with Crippen LogP contribution in [0.1, 0.15) is 34.4 Å². The lowest BCUT2D eigenvalue weighted by atomic mass is 10.2. The zero-order valence-corrected chi connectivity index (χ0v) is 15.8. The molecule has 0 spiro atoms. The Kier molecular flexibility index (Phi) is 5.76. The number of carbonyl (C=O) groups excluding carboxylic acids is 1. The van der Waals surface area contributed by atoms with Gasteiger partial charge in [-0.05, 0) is 50.1 Å². The summed E-state index contributed by atoms with van der Waals surface area (Å²) in [6, 6.07) is 13.5. The van der Waals surface area contributed by atoms with Crippen molar-refractivity contribution in [2.45, 2.75) is 27.3 Å². The molecule has 0 atom stereocenters. The molecule has 0 aliphatic rings. The second kappa shape index (κ2) is 8.40. The van der Waals surface area contributed by atoms with Crippen LogP contribution in [0.5, 0.6) is 0 Å². The van der Waals surface area contributed by atoms with Gasteiger partial charge in [0.2, 0.25) is 0 Å². The number of pyridine rings is 1. The summed E-state index contributed by atoms with van der Waals surface area (Å²) in [5, 5.41) is 3.24. The molecular formula is C21H23N5O. The molecule has 2 heterocycles. The van der Waals surface area contributed by atoms with Gasteiger partial charge in [0.25, 0.3) is 5.91 Å². The van der Waals surface area contributed by atoms with Gasteiger partial charge < -0.3 is 10.2 Å². The van der Waals surface area contributed by atoms with E-state index in [1.165, 1.54) is 0 Å². The Morgan fingerprint density at radius 1 is 1.11 bits per heavy atom. The number of aryl methyl sites for hydroxylation is 2.